The molecule has 0 atom stereocenters. The van der Waals surface area contributed by atoms with Crippen molar-refractivity contribution in [2.24, 2.45) is 0 Å². The molecule has 0 aliphatic rings. The van der Waals surface area contributed by atoms with Gasteiger partial charge in [-0.2, -0.15) is 0 Å². The topological polar surface area (TPSA) is 9.23 Å². The van der Waals surface area contributed by atoms with Crippen molar-refractivity contribution in [1.82, 2.24) is 0 Å². The van der Waals surface area contributed by atoms with Crippen LogP contribution in [0.5, 0.6) is 5.75 Å². The van der Waals surface area contributed by atoms with Gasteiger partial charge in [-0.3, -0.25) is 0 Å². The molecular weight excluding hydrogens is 225 g/mol. The smallest absolute Gasteiger partial charge is 0.147 e. The Morgan fingerprint density at radius 2 is 2.00 bits per heavy atom. The van der Waals surface area contributed by atoms with Crippen molar-refractivity contribution >= 4 is 12.4 Å². The molecule has 0 heterocycles. The number of hydrogen-bond acceptors (Lipinski definition) is 1. The second-order valence-electron chi connectivity index (χ2n) is 2.29. The van der Waals surface area contributed by atoms with Gasteiger partial charge in [-0.25, -0.2) is 0 Å². The van der Waals surface area contributed by atoms with Gasteiger partial charge in [0.2, 0.25) is 0 Å². The molecule has 0 saturated carbocycles. The molecule has 1 aromatic rings. The Morgan fingerprint density at radius 3 is 2.58 bits per heavy atom. The molecule has 1 nitrogen and oxygen atoms in total. The molecule has 1 rings (SSSR count). The summed E-state index contributed by atoms with van der Waals surface area (Å²) in [6, 6.07) is 8.25. The van der Waals surface area contributed by atoms with Crippen molar-refractivity contribution in [3.63, 3.8) is 0 Å². The first-order chi connectivity index (χ1) is 5.38. The fraction of sp³-hybridized carbons (Fsp3) is 0.333. The fourth-order valence-electron chi connectivity index (χ4n) is 1.01. The van der Waals surface area contributed by atoms with Crippen LogP contribution in [-0.4, -0.2) is 6.61 Å². The van der Waals surface area contributed by atoms with Gasteiger partial charge in [0.05, 0.1) is 0 Å². The van der Waals surface area contributed by atoms with Crippen LogP contribution < -0.4 is 4.74 Å². The van der Waals surface area contributed by atoms with E-state index in [2.05, 4.69) is 12.1 Å². The molecule has 0 bridgehead atoms. The van der Waals surface area contributed by atoms with Gasteiger partial charge in [-0.1, -0.05) is 0 Å². The normalized spacial score (nSPS) is 8.92. The summed E-state index contributed by atoms with van der Waals surface area (Å²) < 4.78 is 5.45. The Bertz CT molecular complexity index is 228. The number of ether oxygens (including phenoxy) is 1. The van der Waals surface area contributed by atoms with Crippen LogP contribution >= 0.6 is 12.4 Å². The molecular formula is C9H12ClOZn. The van der Waals surface area contributed by atoms with Gasteiger partial charge < -0.3 is 0 Å². The molecule has 0 amide bonds. The minimum atomic E-state index is 0. The number of benzene rings is 1. The number of halogens is 1. The maximum absolute atomic E-state index is 5.45. The molecule has 1 aromatic carbocycles. The zero-order valence-electron chi connectivity index (χ0n) is 7.25. The Kier molecular flexibility index (Phi) is 6.41. The third-order valence-electron chi connectivity index (χ3n) is 1.54. The molecule has 0 saturated heterocycles. The van der Waals surface area contributed by atoms with Gasteiger partial charge in [0.1, 0.15) is 0 Å². The zero-order chi connectivity index (χ0) is 8.10. The van der Waals surface area contributed by atoms with Crippen LogP contribution in [0, 0.1) is 0 Å². The van der Waals surface area contributed by atoms with Crippen molar-refractivity contribution in [1.29, 1.82) is 0 Å². The maximum atomic E-state index is 5.45. The van der Waals surface area contributed by atoms with Gasteiger partial charge >= 0.3 is 77.2 Å². The van der Waals surface area contributed by atoms with Crippen LogP contribution in [0.2, 0.25) is 0 Å². The molecule has 0 spiro atoms. The molecule has 0 aliphatic heterocycles. The molecule has 0 aliphatic carbocycles. The third kappa shape index (κ3) is 3.12. The predicted octanol–water partition coefficient (Wildman–Crippen LogP) is 2.55. The van der Waals surface area contributed by atoms with Gasteiger partial charge in [-0.15, -0.1) is 12.4 Å². The van der Waals surface area contributed by atoms with E-state index in [0.717, 1.165) is 17.4 Å². The summed E-state index contributed by atoms with van der Waals surface area (Å²) >= 11 is 1.30. The first-order valence-electron chi connectivity index (χ1n) is 3.88. The van der Waals surface area contributed by atoms with E-state index in [4.69, 9.17) is 4.74 Å². The standard InChI is InChI=1S/C9H11O.ClH.Zn/c1-3-10-9-7-5-4-6-8(9)2;;/h4-7H,2-3H2,1H3;1H;. The van der Waals surface area contributed by atoms with Gasteiger partial charge in [-0.05, 0) is 0 Å². The van der Waals surface area contributed by atoms with Crippen molar-refractivity contribution in [3.05, 3.63) is 29.8 Å². The number of rotatable bonds is 3. The molecule has 0 unspecified atom stereocenters. The minimum absolute atomic E-state index is 0. The fourth-order valence-corrected chi connectivity index (χ4v) is 1.87. The molecule has 12 heavy (non-hydrogen) atoms. The quantitative estimate of drug-likeness (QED) is 0.734. The molecule has 0 fully saturated rings. The molecule has 0 N–H and O–H groups in total. The van der Waals surface area contributed by atoms with E-state index < -0.39 is 0 Å². The van der Waals surface area contributed by atoms with E-state index in [0.29, 0.717) is 0 Å². The van der Waals surface area contributed by atoms with Crippen molar-refractivity contribution in [3.8, 4) is 5.75 Å². The van der Waals surface area contributed by atoms with Gasteiger partial charge in [0, 0.05) is 0 Å². The third-order valence-corrected chi connectivity index (χ3v) is 2.67. The Morgan fingerprint density at radius 1 is 1.33 bits per heavy atom. The van der Waals surface area contributed by atoms with Crippen molar-refractivity contribution in [2.75, 3.05) is 6.61 Å². The molecule has 63 valence electrons. The summed E-state index contributed by atoms with van der Waals surface area (Å²) in [5.74, 6) is 1.06. The summed E-state index contributed by atoms with van der Waals surface area (Å²) in [4.78, 5) is 0. The predicted molar refractivity (Wildman–Crippen MR) is 48.6 cm³/mol. The summed E-state index contributed by atoms with van der Waals surface area (Å²) in [6.45, 7) is 2.78. The summed E-state index contributed by atoms with van der Waals surface area (Å²) in [5, 5.41) is 1.16. The SMILES string of the molecule is CCOc1ccccc1[CH2][Zn].Cl. The summed E-state index contributed by atoms with van der Waals surface area (Å²) in [6.07, 6.45) is 0. The largest absolute Gasteiger partial charge is 0.147 e. The van der Waals surface area contributed by atoms with E-state index in [1.165, 1.54) is 23.9 Å². The van der Waals surface area contributed by atoms with Crippen LogP contribution in [0.15, 0.2) is 24.3 Å². The van der Waals surface area contributed by atoms with E-state index >= 15 is 0 Å². The van der Waals surface area contributed by atoms with Crippen molar-refractivity contribution in [2.45, 2.75) is 11.9 Å². The zero-order valence-corrected chi connectivity index (χ0v) is 11.0. The van der Waals surface area contributed by atoms with Crippen molar-refractivity contribution < 1.29 is 23.0 Å². The number of para-hydroxylation sites is 1. The Balaban J connectivity index is 0.00000121. The first-order valence-corrected chi connectivity index (χ1v) is 5.98. The second kappa shape index (κ2) is 6.45. The van der Waals surface area contributed by atoms with E-state index in [1.54, 1.807) is 0 Å². The summed E-state index contributed by atoms with van der Waals surface area (Å²) in [5.41, 5.74) is 1.34. The molecule has 3 heteroatoms. The monoisotopic (exact) mass is 235 g/mol. The van der Waals surface area contributed by atoms with Crippen LogP contribution in [0.3, 0.4) is 0 Å². The average molecular weight is 237 g/mol. The summed E-state index contributed by atoms with van der Waals surface area (Å²) in [7, 11) is 0. The van der Waals surface area contributed by atoms with Gasteiger partial charge in [0.15, 0.2) is 0 Å². The van der Waals surface area contributed by atoms with Crippen LogP contribution in [0.25, 0.3) is 0 Å². The Hall–Kier alpha value is -0.0666. The first kappa shape index (κ1) is 11.9. The average Bonchev–Trinajstić information content (AvgIpc) is 2.06. The van der Waals surface area contributed by atoms with Crippen LogP contribution in [-0.2, 0) is 23.3 Å². The van der Waals surface area contributed by atoms with E-state index in [1.807, 2.05) is 19.1 Å². The van der Waals surface area contributed by atoms with E-state index in [-0.39, 0.29) is 12.4 Å². The molecule has 0 radical (unpaired) electrons. The van der Waals surface area contributed by atoms with E-state index in [9.17, 15) is 0 Å². The number of hydrogen-bond donors (Lipinski definition) is 0. The molecule has 0 aromatic heterocycles. The van der Waals surface area contributed by atoms with Crippen LogP contribution in [0.1, 0.15) is 12.5 Å². The maximum Gasteiger partial charge on any atom is -0.147 e. The second-order valence-corrected chi connectivity index (χ2v) is 3.34. The van der Waals surface area contributed by atoms with Crippen LogP contribution in [0.4, 0.5) is 0 Å². The minimum Gasteiger partial charge on any atom is -0.147 e. The van der Waals surface area contributed by atoms with Gasteiger partial charge in [0.25, 0.3) is 0 Å². The Labute approximate surface area is 89.6 Å².